The van der Waals surface area contributed by atoms with Crippen molar-refractivity contribution in [2.45, 2.75) is 19.6 Å². The van der Waals surface area contributed by atoms with Gasteiger partial charge in [0.15, 0.2) is 0 Å². The molecule has 0 aliphatic heterocycles. The third-order valence-corrected chi connectivity index (χ3v) is 5.86. The fraction of sp³-hybridized carbons (Fsp3) is 0.222. The molecule has 4 aromatic rings. The van der Waals surface area contributed by atoms with Crippen molar-refractivity contribution in [3.8, 4) is 17.2 Å². The van der Waals surface area contributed by atoms with Gasteiger partial charge in [-0.25, -0.2) is 0 Å². The fourth-order valence-electron chi connectivity index (χ4n) is 4.21. The molecule has 0 bridgehead atoms. The summed E-state index contributed by atoms with van der Waals surface area (Å²) in [6.45, 7) is 1.19. The lowest BCUT2D eigenvalue weighted by Gasteiger charge is -2.14. The van der Waals surface area contributed by atoms with E-state index in [4.69, 9.17) is 14.2 Å². The maximum atomic E-state index is 12.3. The lowest BCUT2D eigenvalue weighted by molar-refractivity contribution is -0.255. The van der Waals surface area contributed by atoms with E-state index in [1.54, 1.807) is 25.9 Å². The number of carbonyl (C=O) groups is 1. The number of rotatable bonds is 10. The Morgan fingerprint density at radius 2 is 1.59 bits per heavy atom. The molecule has 0 fully saturated rings. The van der Waals surface area contributed by atoms with Crippen LogP contribution in [0.4, 0.5) is 0 Å². The van der Waals surface area contributed by atoms with Gasteiger partial charge in [0.2, 0.25) is 0 Å². The first-order valence-corrected chi connectivity index (χ1v) is 10.9. The van der Waals surface area contributed by atoms with Gasteiger partial charge in [-0.1, -0.05) is 30.3 Å². The maximum absolute atomic E-state index is 12.3. The smallest absolute Gasteiger partial charge is 0.123 e. The summed E-state index contributed by atoms with van der Waals surface area (Å²) in [5.41, 5.74) is 3.49. The monoisotopic (exact) mass is 459 g/mol. The summed E-state index contributed by atoms with van der Waals surface area (Å²) in [5, 5.41) is 16.5. The molecule has 0 radical (unpaired) electrons. The molecule has 7 nitrogen and oxygen atoms in total. The third kappa shape index (κ3) is 4.70. The van der Waals surface area contributed by atoms with E-state index < -0.39 is 5.97 Å². The number of carboxylic acid groups (broad SMARTS) is 1. The molecule has 0 saturated carbocycles. The van der Waals surface area contributed by atoms with Gasteiger partial charge in [-0.2, -0.15) is 0 Å². The summed E-state index contributed by atoms with van der Waals surface area (Å²) in [7, 11) is 4.82. The summed E-state index contributed by atoms with van der Waals surface area (Å²) >= 11 is 0. The van der Waals surface area contributed by atoms with Crippen molar-refractivity contribution in [2.24, 2.45) is 0 Å². The second-order valence-corrected chi connectivity index (χ2v) is 7.85. The Bertz CT molecular complexity index is 1300. The molecule has 0 amide bonds. The van der Waals surface area contributed by atoms with Gasteiger partial charge in [0.25, 0.3) is 0 Å². The Labute approximate surface area is 198 Å². The first-order chi connectivity index (χ1) is 16.5. The molecule has 34 heavy (non-hydrogen) atoms. The van der Waals surface area contributed by atoms with Gasteiger partial charge in [-0.15, -0.1) is 0 Å². The number of hydrogen-bond acceptors (Lipinski definition) is 6. The van der Waals surface area contributed by atoms with Crippen LogP contribution in [0, 0.1) is 0 Å². The maximum Gasteiger partial charge on any atom is 0.123 e. The average Bonchev–Trinajstić information content (AvgIpc) is 3.17. The summed E-state index contributed by atoms with van der Waals surface area (Å²) in [6.07, 6.45) is 0. The molecule has 1 aromatic heterocycles. The van der Waals surface area contributed by atoms with Crippen molar-refractivity contribution in [3.63, 3.8) is 0 Å². The minimum absolute atomic E-state index is 0.150. The van der Waals surface area contributed by atoms with Crippen LogP contribution in [0.15, 0.2) is 66.7 Å². The number of ether oxygens (including phenoxy) is 3. The molecular formula is C27H27N2O5-. The second-order valence-electron chi connectivity index (χ2n) is 7.85. The van der Waals surface area contributed by atoms with Gasteiger partial charge in [0, 0.05) is 42.2 Å². The predicted octanol–water partition coefficient (Wildman–Crippen LogP) is 3.37. The molecule has 4 rings (SSSR count). The zero-order valence-corrected chi connectivity index (χ0v) is 19.5. The Kier molecular flexibility index (Phi) is 7.04. The van der Waals surface area contributed by atoms with E-state index in [9.17, 15) is 9.90 Å². The van der Waals surface area contributed by atoms with Crippen LogP contribution >= 0.6 is 0 Å². The number of benzene rings is 3. The number of hydrogen-bond donors (Lipinski definition) is 1. The van der Waals surface area contributed by atoms with Crippen molar-refractivity contribution in [3.05, 3.63) is 89.1 Å². The molecule has 0 unspecified atom stereocenters. The summed E-state index contributed by atoms with van der Waals surface area (Å²) < 4.78 is 18.0. The summed E-state index contributed by atoms with van der Waals surface area (Å²) in [6, 6.07) is 20.9. The van der Waals surface area contributed by atoms with Crippen LogP contribution in [0.3, 0.4) is 0 Å². The highest BCUT2D eigenvalue weighted by molar-refractivity contribution is 5.98. The number of nitrogens with one attached hydrogen (secondary N) is 1. The van der Waals surface area contributed by atoms with Gasteiger partial charge in [-0.05, 0) is 35.9 Å². The van der Waals surface area contributed by atoms with Crippen molar-refractivity contribution in [1.29, 1.82) is 0 Å². The number of methoxy groups -OCH3 is 3. The molecule has 3 aromatic carbocycles. The van der Waals surface area contributed by atoms with E-state index in [-0.39, 0.29) is 5.69 Å². The van der Waals surface area contributed by atoms with E-state index >= 15 is 0 Å². The minimum atomic E-state index is -1.22. The number of aromatic carboxylic acids is 1. The van der Waals surface area contributed by atoms with Gasteiger partial charge in [0.1, 0.15) is 17.2 Å². The largest absolute Gasteiger partial charge is 0.543 e. The Hall–Kier alpha value is -3.97. The summed E-state index contributed by atoms with van der Waals surface area (Å²) in [5.74, 6) is 0.885. The van der Waals surface area contributed by atoms with Gasteiger partial charge in [-0.3, -0.25) is 0 Å². The van der Waals surface area contributed by atoms with Crippen LogP contribution in [0.25, 0.3) is 10.9 Å². The molecular weight excluding hydrogens is 432 g/mol. The van der Waals surface area contributed by atoms with E-state index in [0.717, 1.165) is 33.5 Å². The number of carboxylic acids is 1. The highest BCUT2D eigenvalue weighted by atomic mass is 16.5. The van der Waals surface area contributed by atoms with Crippen LogP contribution in [0.5, 0.6) is 17.2 Å². The standard InChI is InChI=1S/C27H28N2O5/c1-32-20-10-12-25(34-3)19(13-20)15-28-16-23-22-11-9-21(33-2)14-24(22)29(26(23)27(30)31)17-18-7-5-4-6-8-18/h4-14,28H,15-17H2,1-3H3,(H,30,31)/p-1. The molecule has 176 valence electrons. The van der Waals surface area contributed by atoms with E-state index in [2.05, 4.69) is 5.32 Å². The van der Waals surface area contributed by atoms with Crippen LogP contribution in [0.2, 0.25) is 0 Å². The highest BCUT2D eigenvalue weighted by Gasteiger charge is 2.19. The van der Waals surface area contributed by atoms with Crippen molar-refractivity contribution in [2.75, 3.05) is 21.3 Å². The number of carbonyl (C=O) groups excluding carboxylic acids is 1. The molecule has 0 saturated heterocycles. The predicted molar refractivity (Wildman–Crippen MR) is 128 cm³/mol. The van der Waals surface area contributed by atoms with Crippen LogP contribution in [0.1, 0.15) is 27.2 Å². The lowest BCUT2D eigenvalue weighted by Crippen LogP contribution is -2.28. The van der Waals surface area contributed by atoms with Crippen LogP contribution < -0.4 is 24.6 Å². The number of aromatic nitrogens is 1. The molecule has 0 spiro atoms. The third-order valence-electron chi connectivity index (χ3n) is 5.86. The van der Waals surface area contributed by atoms with Gasteiger partial charge in [0.05, 0.1) is 38.5 Å². The van der Waals surface area contributed by atoms with Crippen LogP contribution in [-0.4, -0.2) is 31.9 Å². The van der Waals surface area contributed by atoms with Gasteiger partial charge >= 0.3 is 0 Å². The quantitative estimate of drug-likeness (QED) is 0.391. The highest BCUT2D eigenvalue weighted by Crippen LogP contribution is 2.31. The summed E-state index contributed by atoms with van der Waals surface area (Å²) in [4.78, 5) is 12.3. The molecule has 0 atom stereocenters. The lowest BCUT2D eigenvalue weighted by atomic mass is 10.1. The van der Waals surface area contributed by atoms with Gasteiger partial charge < -0.3 is 34.0 Å². The Morgan fingerprint density at radius 3 is 2.26 bits per heavy atom. The second kappa shape index (κ2) is 10.3. The first-order valence-electron chi connectivity index (χ1n) is 10.9. The van der Waals surface area contributed by atoms with E-state index in [0.29, 0.717) is 30.9 Å². The van der Waals surface area contributed by atoms with E-state index in [1.165, 1.54) is 0 Å². The first kappa shape index (κ1) is 23.2. The van der Waals surface area contributed by atoms with Crippen LogP contribution in [-0.2, 0) is 19.6 Å². The normalized spacial score (nSPS) is 10.9. The Balaban J connectivity index is 1.72. The molecule has 1 N–H and O–H groups in total. The zero-order chi connectivity index (χ0) is 24.1. The van der Waals surface area contributed by atoms with Crippen molar-refractivity contribution in [1.82, 2.24) is 9.88 Å². The number of fused-ring (bicyclic) bond motifs is 1. The zero-order valence-electron chi connectivity index (χ0n) is 19.5. The molecule has 7 heteroatoms. The molecule has 1 heterocycles. The van der Waals surface area contributed by atoms with E-state index in [1.807, 2.05) is 66.7 Å². The fourth-order valence-corrected chi connectivity index (χ4v) is 4.21. The van der Waals surface area contributed by atoms with Crippen molar-refractivity contribution < 1.29 is 24.1 Å². The SMILES string of the molecule is COc1ccc(OC)c(CNCc2c(C(=O)[O-])n(Cc3ccccc3)c3cc(OC)ccc23)c1. The topological polar surface area (TPSA) is 84.8 Å². The molecule has 0 aliphatic rings. The number of nitrogens with zero attached hydrogens (tertiary/aromatic N) is 1. The minimum Gasteiger partial charge on any atom is -0.543 e. The van der Waals surface area contributed by atoms with Crippen molar-refractivity contribution >= 4 is 16.9 Å². The average molecular weight is 460 g/mol. The Morgan fingerprint density at radius 1 is 0.882 bits per heavy atom. The molecule has 0 aliphatic carbocycles.